The van der Waals surface area contributed by atoms with Crippen LogP contribution in [0.5, 0.6) is 0 Å². The molecule has 0 unspecified atom stereocenters. The number of benzene rings is 3. The third-order valence-corrected chi connectivity index (χ3v) is 6.18. The van der Waals surface area contributed by atoms with Crippen LogP contribution in [0.2, 0.25) is 0 Å². The summed E-state index contributed by atoms with van der Waals surface area (Å²) >= 11 is 0. The summed E-state index contributed by atoms with van der Waals surface area (Å²) in [5.41, 5.74) is 2.21. The predicted molar refractivity (Wildman–Crippen MR) is 121 cm³/mol. The molecule has 0 bridgehead atoms. The summed E-state index contributed by atoms with van der Waals surface area (Å²) in [6.07, 6.45) is 3.07. The second-order valence-corrected chi connectivity index (χ2v) is 8.86. The Labute approximate surface area is 182 Å². The van der Waals surface area contributed by atoms with Crippen molar-refractivity contribution in [2.24, 2.45) is 0 Å². The Morgan fingerprint density at radius 1 is 0.903 bits per heavy atom. The first-order valence-electron chi connectivity index (χ1n) is 10.2. The van der Waals surface area contributed by atoms with E-state index < -0.39 is 10.0 Å². The lowest BCUT2D eigenvalue weighted by atomic mass is 10.1. The van der Waals surface area contributed by atoms with Crippen molar-refractivity contribution in [2.45, 2.75) is 31.1 Å². The first-order valence-corrected chi connectivity index (χ1v) is 11.6. The minimum Gasteiger partial charge on any atom is -0.352 e. The van der Waals surface area contributed by atoms with Gasteiger partial charge in [0.05, 0.1) is 4.90 Å². The molecule has 7 heteroatoms. The second-order valence-electron chi connectivity index (χ2n) is 7.18. The quantitative estimate of drug-likeness (QED) is 0.448. The third kappa shape index (κ3) is 6.15. The van der Waals surface area contributed by atoms with Crippen LogP contribution in [0.25, 0.3) is 11.1 Å². The Balaban J connectivity index is 1.65. The van der Waals surface area contributed by atoms with E-state index >= 15 is 0 Å². The van der Waals surface area contributed by atoms with Crippen LogP contribution in [0.1, 0.15) is 36.5 Å². The Kier molecular flexibility index (Phi) is 7.41. The van der Waals surface area contributed by atoms with E-state index in [1.807, 2.05) is 0 Å². The topological polar surface area (TPSA) is 75.3 Å². The van der Waals surface area contributed by atoms with Crippen LogP contribution in [0.3, 0.4) is 0 Å². The first kappa shape index (κ1) is 22.5. The molecule has 0 saturated carbocycles. The van der Waals surface area contributed by atoms with Gasteiger partial charge < -0.3 is 5.32 Å². The number of carbonyl (C=O) groups is 1. The molecule has 0 aliphatic carbocycles. The summed E-state index contributed by atoms with van der Waals surface area (Å²) in [6, 6.07) is 18.6. The molecule has 3 aromatic rings. The molecule has 1 amide bonds. The first-order chi connectivity index (χ1) is 14.9. The minimum absolute atomic E-state index is 0.0883. The van der Waals surface area contributed by atoms with Crippen molar-refractivity contribution in [2.75, 3.05) is 11.3 Å². The molecule has 31 heavy (non-hydrogen) atoms. The molecule has 3 aromatic carbocycles. The van der Waals surface area contributed by atoms with E-state index in [-0.39, 0.29) is 16.6 Å². The molecule has 0 aromatic heterocycles. The number of hydrogen-bond acceptors (Lipinski definition) is 3. The van der Waals surface area contributed by atoms with Crippen molar-refractivity contribution < 1.29 is 17.6 Å². The highest BCUT2D eigenvalue weighted by molar-refractivity contribution is 7.92. The molecule has 0 spiro atoms. The Hall–Kier alpha value is -3.19. The molecule has 162 valence electrons. The van der Waals surface area contributed by atoms with Gasteiger partial charge in [0, 0.05) is 17.8 Å². The smallest absolute Gasteiger partial charge is 0.261 e. The van der Waals surface area contributed by atoms with E-state index in [1.165, 1.54) is 24.3 Å². The van der Waals surface area contributed by atoms with Gasteiger partial charge in [-0.1, -0.05) is 44.0 Å². The standard InChI is InChI=1S/C24H25FN2O3S/c1-2-3-4-16-26-24(28)19-8-12-22(13-9-19)27-31(29,30)23-14-10-18(11-15-23)20-6-5-7-21(25)17-20/h5-15,17,27H,2-4,16H2,1H3,(H,26,28). The molecule has 0 atom stereocenters. The van der Waals surface area contributed by atoms with Crippen molar-refractivity contribution in [3.05, 3.63) is 84.2 Å². The molecule has 0 aliphatic heterocycles. The van der Waals surface area contributed by atoms with Gasteiger partial charge in [-0.05, 0) is 66.1 Å². The highest BCUT2D eigenvalue weighted by atomic mass is 32.2. The fraction of sp³-hybridized carbons (Fsp3) is 0.208. The van der Waals surface area contributed by atoms with Crippen LogP contribution in [0.4, 0.5) is 10.1 Å². The van der Waals surface area contributed by atoms with Gasteiger partial charge in [-0.25, -0.2) is 12.8 Å². The van der Waals surface area contributed by atoms with Gasteiger partial charge in [0.1, 0.15) is 5.82 Å². The minimum atomic E-state index is -3.80. The van der Waals surface area contributed by atoms with Crippen molar-refractivity contribution in [1.82, 2.24) is 5.32 Å². The van der Waals surface area contributed by atoms with Gasteiger partial charge in [0.25, 0.3) is 15.9 Å². The highest BCUT2D eigenvalue weighted by Crippen LogP contribution is 2.23. The van der Waals surface area contributed by atoms with Gasteiger partial charge in [-0.3, -0.25) is 9.52 Å². The zero-order valence-corrected chi connectivity index (χ0v) is 18.1. The lowest BCUT2D eigenvalue weighted by Gasteiger charge is -2.10. The normalized spacial score (nSPS) is 11.2. The summed E-state index contributed by atoms with van der Waals surface area (Å²) in [6.45, 7) is 2.72. The zero-order valence-electron chi connectivity index (χ0n) is 17.3. The summed E-state index contributed by atoms with van der Waals surface area (Å²) in [5.74, 6) is -0.535. The fourth-order valence-corrected chi connectivity index (χ4v) is 4.14. The highest BCUT2D eigenvalue weighted by Gasteiger charge is 2.15. The number of nitrogens with one attached hydrogen (secondary N) is 2. The summed E-state index contributed by atoms with van der Waals surface area (Å²) in [4.78, 5) is 12.2. The number of hydrogen-bond donors (Lipinski definition) is 2. The number of rotatable bonds is 9. The molecule has 3 rings (SSSR count). The zero-order chi connectivity index (χ0) is 22.3. The monoisotopic (exact) mass is 440 g/mol. The largest absolute Gasteiger partial charge is 0.352 e. The van der Waals surface area contributed by atoms with Crippen LogP contribution in [-0.4, -0.2) is 20.9 Å². The molecule has 0 radical (unpaired) electrons. The Morgan fingerprint density at radius 3 is 2.26 bits per heavy atom. The lowest BCUT2D eigenvalue weighted by molar-refractivity contribution is 0.0953. The van der Waals surface area contributed by atoms with E-state index in [9.17, 15) is 17.6 Å². The third-order valence-electron chi connectivity index (χ3n) is 4.79. The average molecular weight is 441 g/mol. The van der Waals surface area contributed by atoms with E-state index in [2.05, 4.69) is 17.0 Å². The molecule has 5 nitrogen and oxygen atoms in total. The number of sulfonamides is 1. The van der Waals surface area contributed by atoms with Crippen LogP contribution >= 0.6 is 0 Å². The molecule has 0 fully saturated rings. The van der Waals surface area contributed by atoms with E-state index in [0.29, 0.717) is 28.9 Å². The Morgan fingerprint density at radius 2 is 1.61 bits per heavy atom. The van der Waals surface area contributed by atoms with Gasteiger partial charge in [0.2, 0.25) is 0 Å². The maximum absolute atomic E-state index is 13.4. The number of amides is 1. The fourth-order valence-electron chi connectivity index (χ4n) is 3.08. The van der Waals surface area contributed by atoms with Crippen LogP contribution in [0.15, 0.2) is 77.7 Å². The van der Waals surface area contributed by atoms with Crippen LogP contribution in [-0.2, 0) is 10.0 Å². The summed E-state index contributed by atoms with van der Waals surface area (Å²) < 4.78 is 41.3. The van der Waals surface area contributed by atoms with E-state index in [4.69, 9.17) is 0 Å². The van der Waals surface area contributed by atoms with Crippen molar-refractivity contribution in [3.63, 3.8) is 0 Å². The molecule has 0 heterocycles. The summed E-state index contributed by atoms with van der Waals surface area (Å²) in [5, 5.41) is 2.85. The molecular weight excluding hydrogens is 415 g/mol. The SMILES string of the molecule is CCCCCNC(=O)c1ccc(NS(=O)(=O)c2ccc(-c3cccc(F)c3)cc2)cc1. The van der Waals surface area contributed by atoms with Gasteiger partial charge in [-0.2, -0.15) is 0 Å². The summed E-state index contributed by atoms with van der Waals surface area (Å²) in [7, 11) is -3.80. The maximum Gasteiger partial charge on any atom is 0.261 e. The number of anilines is 1. The number of halogens is 1. The predicted octanol–water partition coefficient (Wildman–Crippen LogP) is 5.21. The van der Waals surface area contributed by atoms with Gasteiger partial charge >= 0.3 is 0 Å². The van der Waals surface area contributed by atoms with Gasteiger partial charge in [0.15, 0.2) is 0 Å². The second kappa shape index (κ2) is 10.2. The lowest BCUT2D eigenvalue weighted by Crippen LogP contribution is -2.24. The number of unbranched alkanes of at least 4 members (excludes halogenated alkanes) is 2. The van der Waals surface area contributed by atoms with Gasteiger partial charge in [-0.15, -0.1) is 0 Å². The average Bonchev–Trinajstić information content (AvgIpc) is 2.77. The number of carbonyl (C=O) groups excluding carboxylic acids is 1. The van der Waals surface area contributed by atoms with E-state index in [1.54, 1.807) is 48.5 Å². The van der Waals surface area contributed by atoms with Crippen molar-refractivity contribution >= 4 is 21.6 Å². The van der Waals surface area contributed by atoms with Crippen molar-refractivity contribution in [1.29, 1.82) is 0 Å². The maximum atomic E-state index is 13.4. The Bertz CT molecular complexity index is 1130. The van der Waals surface area contributed by atoms with Crippen molar-refractivity contribution in [3.8, 4) is 11.1 Å². The molecule has 0 aliphatic rings. The van der Waals surface area contributed by atoms with Crippen LogP contribution in [0, 0.1) is 5.82 Å². The van der Waals surface area contributed by atoms with Crippen LogP contribution < -0.4 is 10.0 Å². The molecule has 0 saturated heterocycles. The molecular formula is C24H25FN2O3S. The molecule has 2 N–H and O–H groups in total. The van der Waals surface area contributed by atoms with E-state index in [0.717, 1.165) is 19.3 Å².